The van der Waals surface area contributed by atoms with Crippen molar-refractivity contribution in [3.05, 3.63) is 17.8 Å². The van der Waals surface area contributed by atoms with E-state index in [2.05, 4.69) is 20.6 Å². The van der Waals surface area contributed by atoms with Crippen LogP contribution in [0.2, 0.25) is 0 Å². The number of nitrogens with one attached hydrogen (secondary N) is 2. The molecule has 122 valence electrons. The van der Waals surface area contributed by atoms with Gasteiger partial charge >= 0.3 is 0 Å². The third-order valence-corrected chi connectivity index (χ3v) is 2.43. The van der Waals surface area contributed by atoms with Gasteiger partial charge in [-0.25, -0.2) is 18.8 Å². The van der Waals surface area contributed by atoms with Crippen molar-refractivity contribution in [2.75, 3.05) is 13.1 Å². The lowest BCUT2D eigenvalue weighted by Gasteiger charge is -2.13. The Morgan fingerprint density at radius 3 is 2.52 bits per heavy atom. The number of halogens is 3. The van der Waals surface area contributed by atoms with E-state index in [0.717, 1.165) is 5.76 Å². The second-order valence-electron chi connectivity index (χ2n) is 5.34. The van der Waals surface area contributed by atoms with E-state index in [1.807, 2.05) is 27.7 Å². The maximum Gasteiger partial charge on any atom is 0.255 e. The standard InChI is InChI=1S/C13H22F2N4O.HI/c1-5-16-12(18-7-10(14)15)19-8-11-17-6-9(20-11)13(2,3)4;/h6,10H,5,7-8H2,1-4H3,(H2,16,18,19);1H. The molecule has 8 heteroatoms. The molecule has 2 N–H and O–H groups in total. The van der Waals surface area contributed by atoms with Crippen LogP contribution >= 0.6 is 24.0 Å². The number of aliphatic imine (C=N–C) groups is 1. The summed E-state index contributed by atoms with van der Waals surface area (Å²) in [5.41, 5.74) is -0.118. The monoisotopic (exact) mass is 416 g/mol. The molecular weight excluding hydrogens is 393 g/mol. The number of alkyl halides is 2. The average molecular weight is 416 g/mol. The molecule has 0 bridgehead atoms. The molecule has 0 atom stereocenters. The Morgan fingerprint density at radius 1 is 1.38 bits per heavy atom. The fourth-order valence-corrected chi connectivity index (χ4v) is 1.39. The lowest BCUT2D eigenvalue weighted by molar-refractivity contribution is 0.152. The van der Waals surface area contributed by atoms with E-state index in [9.17, 15) is 8.78 Å². The van der Waals surface area contributed by atoms with Gasteiger partial charge in [0.2, 0.25) is 5.89 Å². The van der Waals surface area contributed by atoms with Crippen LogP contribution in [0.5, 0.6) is 0 Å². The molecule has 21 heavy (non-hydrogen) atoms. The second-order valence-corrected chi connectivity index (χ2v) is 5.34. The van der Waals surface area contributed by atoms with Gasteiger partial charge in [-0.2, -0.15) is 0 Å². The molecule has 0 saturated heterocycles. The fourth-order valence-electron chi connectivity index (χ4n) is 1.39. The van der Waals surface area contributed by atoms with Gasteiger partial charge in [0.1, 0.15) is 12.3 Å². The number of hydrogen-bond acceptors (Lipinski definition) is 3. The summed E-state index contributed by atoms with van der Waals surface area (Å²) in [4.78, 5) is 8.29. The summed E-state index contributed by atoms with van der Waals surface area (Å²) in [6, 6.07) is 0. The Morgan fingerprint density at radius 2 is 2.05 bits per heavy atom. The van der Waals surface area contributed by atoms with E-state index < -0.39 is 13.0 Å². The summed E-state index contributed by atoms with van der Waals surface area (Å²) in [6.07, 6.45) is -0.752. The second kappa shape index (κ2) is 9.16. The van der Waals surface area contributed by atoms with Crippen LogP contribution in [0.4, 0.5) is 8.78 Å². The zero-order valence-corrected chi connectivity index (χ0v) is 15.1. The minimum Gasteiger partial charge on any atom is -0.443 e. The molecule has 0 radical (unpaired) electrons. The van der Waals surface area contributed by atoms with Crippen LogP contribution in [0.1, 0.15) is 39.3 Å². The van der Waals surface area contributed by atoms with Crippen molar-refractivity contribution in [2.24, 2.45) is 4.99 Å². The van der Waals surface area contributed by atoms with Crippen LogP contribution in [0.15, 0.2) is 15.6 Å². The smallest absolute Gasteiger partial charge is 0.255 e. The summed E-state index contributed by atoms with van der Waals surface area (Å²) in [5.74, 6) is 1.56. The van der Waals surface area contributed by atoms with E-state index in [0.29, 0.717) is 18.4 Å². The molecular formula is C13H23F2IN4O. The van der Waals surface area contributed by atoms with Crippen LogP contribution in [-0.4, -0.2) is 30.5 Å². The van der Waals surface area contributed by atoms with Crippen molar-refractivity contribution in [1.29, 1.82) is 0 Å². The maximum absolute atomic E-state index is 12.2. The summed E-state index contributed by atoms with van der Waals surface area (Å²) >= 11 is 0. The Balaban J connectivity index is 0.00000400. The molecule has 0 saturated carbocycles. The minimum atomic E-state index is -2.42. The molecule has 0 aliphatic heterocycles. The maximum atomic E-state index is 12.2. The van der Waals surface area contributed by atoms with Gasteiger partial charge in [0.15, 0.2) is 5.96 Å². The van der Waals surface area contributed by atoms with E-state index in [1.165, 1.54) is 0 Å². The first kappa shape index (κ1) is 20.1. The van der Waals surface area contributed by atoms with Gasteiger partial charge in [-0.15, -0.1) is 24.0 Å². The predicted molar refractivity (Wildman–Crippen MR) is 89.4 cm³/mol. The molecule has 1 rings (SSSR count). The molecule has 0 unspecified atom stereocenters. The molecule has 0 aliphatic rings. The molecule has 1 aromatic heterocycles. The Bertz CT molecular complexity index is 444. The highest BCUT2D eigenvalue weighted by atomic mass is 127. The number of oxazole rings is 1. The van der Waals surface area contributed by atoms with Crippen molar-refractivity contribution in [1.82, 2.24) is 15.6 Å². The molecule has 1 heterocycles. The van der Waals surface area contributed by atoms with E-state index in [-0.39, 0.29) is 35.9 Å². The summed E-state index contributed by atoms with van der Waals surface area (Å²) in [5, 5.41) is 5.43. The van der Waals surface area contributed by atoms with Crippen molar-refractivity contribution in [3.63, 3.8) is 0 Å². The quantitative estimate of drug-likeness (QED) is 0.440. The van der Waals surface area contributed by atoms with Gasteiger partial charge in [0, 0.05) is 12.0 Å². The Labute approximate surface area is 141 Å². The molecule has 0 spiro atoms. The first-order valence-corrected chi connectivity index (χ1v) is 6.58. The van der Waals surface area contributed by atoms with Gasteiger partial charge in [-0.1, -0.05) is 20.8 Å². The zero-order valence-electron chi connectivity index (χ0n) is 12.7. The lowest BCUT2D eigenvalue weighted by atomic mass is 9.94. The molecule has 0 aromatic carbocycles. The third-order valence-electron chi connectivity index (χ3n) is 2.43. The fraction of sp³-hybridized carbons (Fsp3) is 0.692. The summed E-state index contributed by atoms with van der Waals surface area (Å²) in [6.45, 7) is 8.29. The largest absolute Gasteiger partial charge is 0.443 e. The van der Waals surface area contributed by atoms with Gasteiger partial charge in [0.05, 0.1) is 12.7 Å². The number of hydrogen-bond donors (Lipinski definition) is 2. The van der Waals surface area contributed by atoms with Crippen LogP contribution in [0, 0.1) is 0 Å². The number of rotatable bonds is 5. The molecule has 5 nitrogen and oxygen atoms in total. The molecule has 0 fully saturated rings. The molecule has 0 amide bonds. The Hall–Kier alpha value is -0.930. The SMILES string of the molecule is CCNC(=NCc1ncc(C(C)(C)C)o1)NCC(F)F.I. The van der Waals surface area contributed by atoms with Crippen molar-refractivity contribution in [2.45, 2.75) is 46.1 Å². The topological polar surface area (TPSA) is 62.5 Å². The van der Waals surface area contributed by atoms with Crippen LogP contribution in [0.25, 0.3) is 0 Å². The van der Waals surface area contributed by atoms with Crippen molar-refractivity contribution >= 4 is 29.9 Å². The van der Waals surface area contributed by atoms with Gasteiger partial charge in [-0.3, -0.25) is 0 Å². The molecule has 0 aliphatic carbocycles. The van der Waals surface area contributed by atoms with Crippen molar-refractivity contribution < 1.29 is 13.2 Å². The van der Waals surface area contributed by atoms with Crippen molar-refractivity contribution in [3.8, 4) is 0 Å². The normalized spacial score (nSPS) is 12.2. The number of aromatic nitrogens is 1. The van der Waals surface area contributed by atoms with Gasteiger partial charge in [0.25, 0.3) is 6.43 Å². The highest BCUT2D eigenvalue weighted by Gasteiger charge is 2.19. The van der Waals surface area contributed by atoms with Gasteiger partial charge in [-0.05, 0) is 6.92 Å². The zero-order chi connectivity index (χ0) is 15.2. The predicted octanol–water partition coefficient (Wildman–Crippen LogP) is 2.91. The van der Waals surface area contributed by atoms with Crippen LogP contribution in [0.3, 0.4) is 0 Å². The van der Waals surface area contributed by atoms with E-state index >= 15 is 0 Å². The van der Waals surface area contributed by atoms with E-state index in [1.54, 1.807) is 6.20 Å². The number of nitrogens with zero attached hydrogens (tertiary/aromatic N) is 2. The first-order valence-electron chi connectivity index (χ1n) is 6.58. The number of guanidine groups is 1. The highest BCUT2D eigenvalue weighted by molar-refractivity contribution is 14.0. The molecule has 1 aromatic rings. The minimum absolute atomic E-state index is 0. The lowest BCUT2D eigenvalue weighted by Crippen LogP contribution is -2.39. The summed E-state index contributed by atoms with van der Waals surface area (Å²) in [7, 11) is 0. The average Bonchev–Trinajstić information content (AvgIpc) is 2.81. The highest BCUT2D eigenvalue weighted by Crippen LogP contribution is 2.22. The van der Waals surface area contributed by atoms with E-state index in [4.69, 9.17) is 4.42 Å². The van der Waals surface area contributed by atoms with Crippen LogP contribution < -0.4 is 10.6 Å². The Kier molecular flexibility index (Phi) is 8.76. The first-order chi connectivity index (χ1) is 9.32. The van der Waals surface area contributed by atoms with Gasteiger partial charge < -0.3 is 15.1 Å². The third kappa shape index (κ3) is 7.58. The summed E-state index contributed by atoms with van der Waals surface area (Å²) < 4.78 is 29.9. The van der Waals surface area contributed by atoms with Crippen LogP contribution in [-0.2, 0) is 12.0 Å².